The molecule has 0 aliphatic carbocycles. The first-order valence-corrected chi connectivity index (χ1v) is 9.32. The van der Waals surface area contributed by atoms with Crippen LogP contribution in [0.1, 0.15) is 0 Å². The van der Waals surface area contributed by atoms with Crippen molar-refractivity contribution in [3.8, 4) is 0 Å². The molecule has 0 bridgehead atoms. The molecule has 2 rings (SSSR count). The molecule has 0 atom stereocenters. The number of aromatic nitrogens is 4. The predicted octanol–water partition coefficient (Wildman–Crippen LogP) is 5.35. The lowest BCUT2D eigenvalue weighted by Gasteiger charge is -2.05. The van der Waals surface area contributed by atoms with Crippen molar-refractivity contribution < 1.29 is 0 Å². The Kier molecular flexibility index (Phi) is 5.56. The van der Waals surface area contributed by atoms with E-state index in [1.807, 2.05) is 9.36 Å². The van der Waals surface area contributed by atoms with Gasteiger partial charge in [-0.3, -0.25) is 9.36 Å². The SMILES string of the molecule is Brc1nn(CCn2nc(Br)c(Br)c2Br)c(Br)c1Br. The number of aryl methyl sites for hydroxylation is 2. The summed E-state index contributed by atoms with van der Waals surface area (Å²) in [6.45, 7) is 1.40. The molecule has 10 heteroatoms. The topological polar surface area (TPSA) is 35.6 Å². The normalized spacial score (nSPS) is 11.2. The quantitative estimate of drug-likeness (QED) is 0.456. The molecule has 0 spiro atoms. The molecule has 18 heavy (non-hydrogen) atoms. The van der Waals surface area contributed by atoms with Crippen LogP contribution >= 0.6 is 95.6 Å². The Labute approximate surface area is 154 Å². The summed E-state index contributed by atoms with van der Waals surface area (Å²) >= 11 is 20.6. The number of halogens is 6. The summed E-state index contributed by atoms with van der Waals surface area (Å²) < 4.78 is 8.86. The lowest BCUT2D eigenvalue weighted by Crippen LogP contribution is -2.10. The molecule has 0 aromatic carbocycles. The fourth-order valence-electron chi connectivity index (χ4n) is 1.27. The third kappa shape index (κ3) is 3.13. The van der Waals surface area contributed by atoms with Crippen molar-refractivity contribution in [1.29, 1.82) is 0 Å². The zero-order valence-corrected chi connectivity index (χ0v) is 18.0. The van der Waals surface area contributed by atoms with Gasteiger partial charge in [0.15, 0.2) is 0 Å². The Hall–Kier alpha value is 1.30. The molecule has 0 aliphatic heterocycles. The minimum atomic E-state index is 0.698. The fourth-order valence-corrected chi connectivity index (χ4v) is 4.02. The van der Waals surface area contributed by atoms with Crippen LogP contribution in [0.5, 0.6) is 0 Å². The fraction of sp³-hybridized carbons (Fsp3) is 0.250. The molecule has 4 nitrogen and oxygen atoms in total. The molecule has 2 aromatic heterocycles. The predicted molar refractivity (Wildman–Crippen MR) is 90.7 cm³/mol. The molecule has 98 valence electrons. The van der Waals surface area contributed by atoms with Crippen LogP contribution in [0.2, 0.25) is 0 Å². The number of hydrogen-bond donors (Lipinski definition) is 0. The molecule has 0 aliphatic rings. The average molecular weight is 636 g/mol. The summed E-state index contributed by atoms with van der Waals surface area (Å²) in [5.74, 6) is 0. The molecular weight excluding hydrogens is 632 g/mol. The summed E-state index contributed by atoms with van der Waals surface area (Å²) in [5, 5.41) is 8.69. The van der Waals surface area contributed by atoms with E-state index in [0.29, 0.717) is 13.1 Å². The summed E-state index contributed by atoms with van der Waals surface area (Å²) in [6.07, 6.45) is 0. The van der Waals surface area contributed by atoms with Gasteiger partial charge in [-0.25, -0.2) is 0 Å². The van der Waals surface area contributed by atoms with Gasteiger partial charge in [-0.1, -0.05) is 0 Å². The highest BCUT2D eigenvalue weighted by atomic mass is 79.9. The largest absolute Gasteiger partial charge is 0.254 e. The van der Waals surface area contributed by atoms with Crippen molar-refractivity contribution in [3.05, 3.63) is 27.4 Å². The van der Waals surface area contributed by atoms with Crippen molar-refractivity contribution in [1.82, 2.24) is 19.6 Å². The highest BCUT2D eigenvalue weighted by molar-refractivity contribution is 9.14. The zero-order chi connectivity index (χ0) is 13.4. The molecule has 2 aromatic rings. The first-order chi connectivity index (χ1) is 8.41. The highest BCUT2D eigenvalue weighted by Crippen LogP contribution is 2.32. The molecule has 0 amide bonds. The first-order valence-electron chi connectivity index (χ1n) is 4.56. The Balaban J connectivity index is 2.16. The lowest BCUT2D eigenvalue weighted by molar-refractivity contribution is 0.485. The van der Waals surface area contributed by atoms with E-state index < -0.39 is 0 Å². The Morgan fingerprint density at radius 3 is 1.22 bits per heavy atom. The average Bonchev–Trinajstić information content (AvgIpc) is 2.72. The van der Waals surface area contributed by atoms with Gasteiger partial charge in [0.25, 0.3) is 0 Å². The van der Waals surface area contributed by atoms with Gasteiger partial charge in [0.1, 0.15) is 18.4 Å². The van der Waals surface area contributed by atoms with Crippen molar-refractivity contribution >= 4 is 95.6 Å². The van der Waals surface area contributed by atoms with Gasteiger partial charge in [-0.2, -0.15) is 10.2 Å². The van der Waals surface area contributed by atoms with Gasteiger partial charge in [-0.05, 0) is 95.6 Å². The van der Waals surface area contributed by atoms with Gasteiger partial charge >= 0.3 is 0 Å². The van der Waals surface area contributed by atoms with Gasteiger partial charge in [0, 0.05) is 0 Å². The van der Waals surface area contributed by atoms with Gasteiger partial charge in [-0.15, -0.1) is 0 Å². The van der Waals surface area contributed by atoms with Crippen molar-refractivity contribution in [2.45, 2.75) is 13.1 Å². The first kappa shape index (κ1) is 15.7. The number of hydrogen-bond acceptors (Lipinski definition) is 2. The van der Waals surface area contributed by atoms with Crippen molar-refractivity contribution in [3.63, 3.8) is 0 Å². The summed E-state index contributed by atoms with van der Waals surface area (Å²) in [7, 11) is 0. The van der Waals surface area contributed by atoms with Crippen LogP contribution in [0.3, 0.4) is 0 Å². The monoisotopic (exact) mass is 630 g/mol. The number of nitrogens with zero attached hydrogens (tertiary/aromatic N) is 4. The van der Waals surface area contributed by atoms with Crippen LogP contribution in [0.15, 0.2) is 27.4 Å². The molecule has 0 fully saturated rings. The summed E-state index contributed by atoms with van der Waals surface area (Å²) in [5.41, 5.74) is 0. The second kappa shape index (κ2) is 6.38. The van der Waals surface area contributed by atoms with Crippen LogP contribution in [-0.4, -0.2) is 19.6 Å². The Bertz CT molecular complexity index is 537. The van der Waals surface area contributed by atoms with Crippen LogP contribution in [0.4, 0.5) is 0 Å². The van der Waals surface area contributed by atoms with Gasteiger partial charge in [0.2, 0.25) is 0 Å². The summed E-state index contributed by atoms with van der Waals surface area (Å²) in [6, 6.07) is 0. The van der Waals surface area contributed by atoms with Crippen LogP contribution in [0.25, 0.3) is 0 Å². The van der Waals surface area contributed by atoms with Crippen molar-refractivity contribution in [2.75, 3.05) is 0 Å². The van der Waals surface area contributed by atoms with Crippen LogP contribution in [-0.2, 0) is 13.1 Å². The molecule has 0 saturated heterocycles. The molecule has 0 saturated carbocycles. The maximum absolute atomic E-state index is 4.34. The maximum atomic E-state index is 4.34. The molecule has 0 N–H and O–H groups in total. The van der Waals surface area contributed by atoms with Crippen molar-refractivity contribution in [2.24, 2.45) is 0 Å². The molecule has 0 radical (unpaired) electrons. The third-order valence-corrected chi connectivity index (χ3v) is 8.47. The standard InChI is InChI=1S/C8H4Br6N4/c9-3-5(11)15-17(7(3)13)1-2-18-8(14)4(10)6(12)16-18/h1-2H2. The lowest BCUT2D eigenvalue weighted by atomic mass is 10.6. The zero-order valence-electron chi connectivity index (χ0n) is 8.47. The Morgan fingerprint density at radius 2 is 1.00 bits per heavy atom. The minimum absolute atomic E-state index is 0.698. The second-order valence-electron chi connectivity index (χ2n) is 3.24. The number of rotatable bonds is 3. The van der Waals surface area contributed by atoms with Gasteiger partial charge < -0.3 is 0 Å². The smallest absolute Gasteiger partial charge is 0.143 e. The van der Waals surface area contributed by atoms with E-state index in [1.54, 1.807) is 0 Å². The molecule has 0 unspecified atom stereocenters. The van der Waals surface area contributed by atoms with E-state index in [-0.39, 0.29) is 0 Å². The minimum Gasteiger partial charge on any atom is -0.254 e. The maximum Gasteiger partial charge on any atom is 0.143 e. The van der Waals surface area contributed by atoms with E-state index in [2.05, 4.69) is 106 Å². The Morgan fingerprint density at radius 1 is 0.667 bits per heavy atom. The van der Waals surface area contributed by atoms with E-state index in [1.165, 1.54) is 0 Å². The van der Waals surface area contributed by atoms with Crippen LogP contribution in [0, 0.1) is 0 Å². The van der Waals surface area contributed by atoms with Gasteiger partial charge in [0.05, 0.1) is 22.0 Å². The molecule has 2 heterocycles. The molecular formula is C8H4Br6N4. The summed E-state index contributed by atoms with van der Waals surface area (Å²) in [4.78, 5) is 0. The second-order valence-corrected chi connectivity index (χ2v) is 7.83. The van der Waals surface area contributed by atoms with E-state index in [4.69, 9.17) is 0 Å². The third-order valence-electron chi connectivity index (χ3n) is 2.12. The van der Waals surface area contributed by atoms with E-state index in [9.17, 15) is 0 Å². The highest BCUT2D eigenvalue weighted by Gasteiger charge is 2.14. The van der Waals surface area contributed by atoms with E-state index in [0.717, 1.165) is 27.4 Å². The van der Waals surface area contributed by atoms with E-state index >= 15 is 0 Å². The van der Waals surface area contributed by atoms with Crippen LogP contribution < -0.4 is 0 Å².